The van der Waals surface area contributed by atoms with Gasteiger partial charge in [0.1, 0.15) is 5.65 Å². The molecule has 0 spiro atoms. The van der Waals surface area contributed by atoms with Crippen LogP contribution in [0.4, 0.5) is 0 Å². The van der Waals surface area contributed by atoms with Crippen LogP contribution in [0.15, 0.2) is 48.9 Å². The Morgan fingerprint density at radius 2 is 1.95 bits per heavy atom. The molecular weight excluding hydrogens is 460 g/mol. The molecule has 1 aliphatic heterocycles. The second-order valence-corrected chi connectivity index (χ2v) is 10.5. The molecule has 37 heavy (non-hydrogen) atoms. The molecule has 4 aromatic heterocycles. The smallest absolute Gasteiger partial charge is 0.160 e. The number of morpholine rings is 1. The predicted octanol–water partition coefficient (Wildman–Crippen LogP) is 5.69. The SMILES string of the molecule is c1ccc2c(c1)[nH]c1nccc(-c3nc(CCCCC4COCCN4)c4c(C5CCC5)cncc4n3)c12. The van der Waals surface area contributed by atoms with E-state index < -0.39 is 0 Å². The number of ether oxygens (including phenoxy) is 1. The first-order valence-corrected chi connectivity index (χ1v) is 13.7. The summed E-state index contributed by atoms with van der Waals surface area (Å²) >= 11 is 0. The van der Waals surface area contributed by atoms with E-state index >= 15 is 0 Å². The highest BCUT2D eigenvalue weighted by molar-refractivity contribution is 6.12. The van der Waals surface area contributed by atoms with Gasteiger partial charge in [0.25, 0.3) is 0 Å². The fourth-order valence-electron chi connectivity index (χ4n) is 5.96. The molecule has 7 nitrogen and oxygen atoms in total. The van der Waals surface area contributed by atoms with Crippen molar-refractivity contribution in [3.05, 3.63) is 60.2 Å². The predicted molar refractivity (Wildman–Crippen MR) is 147 cm³/mol. The minimum atomic E-state index is 0.466. The van der Waals surface area contributed by atoms with Crippen molar-refractivity contribution in [1.82, 2.24) is 30.2 Å². The Bertz CT molecular complexity index is 1570. The highest BCUT2D eigenvalue weighted by Gasteiger charge is 2.25. The van der Waals surface area contributed by atoms with E-state index in [0.717, 1.165) is 90.0 Å². The Morgan fingerprint density at radius 3 is 2.81 bits per heavy atom. The third kappa shape index (κ3) is 4.26. The number of para-hydroxylation sites is 1. The van der Waals surface area contributed by atoms with Crippen LogP contribution in [-0.2, 0) is 11.2 Å². The molecule has 1 aliphatic carbocycles. The molecule has 1 unspecified atom stereocenters. The standard InChI is InChI=1S/C30H32N6O/c1(8-20-18-37-15-14-32-20)3-11-25-28-23(19-6-5-7-19)16-31-17-26(28)36-29(35-25)22-12-13-33-30-27(22)21-9-2-4-10-24(21)34-30/h2,4,9-10,12-13,16-17,19-20,32H,1,3,5-8,11,14-15,18H2,(H,33,34). The molecule has 0 amide bonds. The number of hydrogen-bond acceptors (Lipinski definition) is 6. The van der Waals surface area contributed by atoms with Gasteiger partial charge in [0.15, 0.2) is 5.82 Å². The average molecular weight is 493 g/mol. The lowest BCUT2D eigenvalue weighted by Crippen LogP contribution is -2.41. The van der Waals surface area contributed by atoms with Gasteiger partial charge in [-0.2, -0.15) is 0 Å². The van der Waals surface area contributed by atoms with Gasteiger partial charge in [-0.1, -0.05) is 31.0 Å². The lowest BCUT2D eigenvalue weighted by Gasteiger charge is -2.27. The van der Waals surface area contributed by atoms with Gasteiger partial charge in [-0.25, -0.2) is 15.0 Å². The first-order valence-electron chi connectivity index (χ1n) is 13.7. The maximum Gasteiger partial charge on any atom is 0.160 e. The molecule has 1 saturated heterocycles. The third-order valence-electron chi connectivity index (χ3n) is 8.11. The summed E-state index contributed by atoms with van der Waals surface area (Å²) < 4.78 is 5.64. The van der Waals surface area contributed by atoms with Gasteiger partial charge in [0.05, 0.1) is 30.6 Å². The fourth-order valence-corrected chi connectivity index (χ4v) is 5.96. The number of aromatic amines is 1. The molecule has 7 heteroatoms. The largest absolute Gasteiger partial charge is 0.379 e. The second kappa shape index (κ2) is 9.80. The van der Waals surface area contributed by atoms with E-state index in [1.165, 1.54) is 30.2 Å². The van der Waals surface area contributed by atoms with E-state index in [1.54, 1.807) is 0 Å². The van der Waals surface area contributed by atoms with Crippen LogP contribution in [0, 0.1) is 0 Å². The highest BCUT2D eigenvalue weighted by atomic mass is 16.5. The molecule has 5 heterocycles. The van der Waals surface area contributed by atoms with Crippen LogP contribution in [0.2, 0.25) is 0 Å². The van der Waals surface area contributed by atoms with Crippen LogP contribution in [0.25, 0.3) is 44.2 Å². The van der Waals surface area contributed by atoms with Gasteiger partial charge in [0, 0.05) is 52.2 Å². The number of unbranched alkanes of at least 4 members (excludes halogenated alkanes) is 1. The third-order valence-corrected chi connectivity index (χ3v) is 8.11. The van der Waals surface area contributed by atoms with Crippen molar-refractivity contribution in [3.8, 4) is 11.4 Å². The molecule has 2 fully saturated rings. The molecule has 0 radical (unpaired) electrons. The summed E-state index contributed by atoms with van der Waals surface area (Å²) in [6.07, 6.45) is 13.9. The van der Waals surface area contributed by atoms with Crippen LogP contribution in [0.5, 0.6) is 0 Å². The van der Waals surface area contributed by atoms with Crippen molar-refractivity contribution < 1.29 is 4.74 Å². The van der Waals surface area contributed by atoms with Crippen molar-refractivity contribution in [2.45, 2.75) is 56.9 Å². The van der Waals surface area contributed by atoms with Crippen molar-refractivity contribution in [2.24, 2.45) is 0 Å². The van der Waals surface area contributed by atoms with Gasteiger partial charge >= 0.3 is 0 Å². The van der Waals surface area contributed by atoms with Gasteiger partial charge in [0.2, 0.25) is 0 Å². The summed E-state index contributed by atoms with van der Waals surface area (Å²) in [6.45, 7) is 2.60. The minimum Gasteiger partial charge on any atom is -0.379 e. The molecular formula is C30H32N6O. The van der Waals surface area contributed by atoms with E-state index in [-0.39, 0.29) is 0 Å². The second-order valence-electron chi connectivity index (χ2n) is 10.5. The van der Waals surface area contributed by atoms with Crippen LogP contribution in [0.1, 0.15) is 55.7 Å². The van der Waals surface area contributed by atoms with Gasteiger partial charge in [-0.15, -0.1) is 0 Å². The van der Waals surface area contributed by atoms with E-state index in [1.807, 2.05) is 24.5 Å². The first-order chi connectivity index (χ1) is 18.3. The van der Waals surface area contributed by atoms with Crippen molar-refractivity contribution in [3.63, 3.8) is 0 Å². The maximum atomic E-state index is 5.64. The minimum absolute atomic E-state index is 0.466. The van der Waals surface area contributed by atoms with Gasteiger partial charge < -0.3 is 15.0 Å². The molecule has 1 aromatic carbocycles. The van der Waals surface area contributed by atoms with E-state index in [4.69, 9.17) is 14.7 Å². The lowest BCUT2D eigenvalue weighted by molar-refractivity contribution is 0.0734. The van der Waals surface area contributed by atoms with Crippen LogP contribution in [0.3, 0.4) is 0 Å². The van der Waals surface area contributed by atoms with Crippen molar-refractivity contribution in [2.75, 3.05) is 19.8 Å². The number of nitrogens with one attached hydrogen (secondary N) is 2. The number of aromatic nitrogens is 5. The Morgan fingerprint density at radius 1 is 1.00 bits per heavy atom. The Labute approximate surface area is 216 Å². The Balaban J connectivity index is 1.30. The quantitative estimate of drug-likeness (QED) is 0.284. The number of H-pyrrole nitrogens is 1. The molecule has 2 N–H and O–H groups in total. The molecule has 7 rings (SSSR count). The topological polar surface area (TPSA) is 88.6 Å². The molecule has 188 valence electrons. The van der Waals surface area contributed by atoms with E-state index in [9.17, 15) is 0 Å². The monoisotopic (exact) mass is 492 g/mol. The van der Waals surface area contributed by atoms with Crippen LogP contribution < -0.4 is 5.32 Å². The summed E-state index contributed by atoms with van der Waals surface area (Å²) in [5, 5.41) is 7.03. The zero-order valence-corrected chi connectivity index (χ0v) is 21.0. The summed E-state index contributed by atoms with van der Waals surface area (Å²) in [7, 11) is 0. The van der Waals surface area contributed by atoms with E-state index in [2.05, 4.69) is 44.7 Å². The van der Waals surface area contributed by atoms with Gasteiger partial charge in [-0.05, 0) is 55.7 Å². The Kier molecular flexibility index (Phi) is 6.03. The maximum absolute atomic E-state index is 5.64. The number of pyridine rings is 2. The zero-order valence-electron chi connectivity index (χ0n) is 21.0. The summed E-state index contributed by atoms with van der Waals surface area (Å²) in [6, 6.07) is 10.9. The summed E-state index contributed by atoms with van der Waals surface area (Å²) in [5.74, 6) is 1.34. The van der Waals surface area contributed by atoms with Crippen molar-refractivity contribution in [1.29, 1.82) is 0 Å². The van der Waals surface area contributed by atoms with Gasteiger partial charge in [-0.3, -0.25) is 4.98 Å². The van der Waals surface area contributed by atoms with E-state index in [0.29, 0.717) is 12.0 Å². The van der Waals surface area contributed by atoms with Crippen molar-refractivity contribution >= 4 is 32.8 Å². The molecule has 1 atom stereocenters. The lowest BCUT2D eigenvalue weighted by atomic mass is 9.79. The normalized spacial score (nSPS) is 18.5. The first kappa shape index (κ1) is 22.8. The number of fused-ring (bicyclic) bond motifs is 4. The van der Waals surface area contributed by atoms with Crippen LogP contribution in [-0.4, -0.2) is 50.7 Å². The summed E-state index contributed by atoms with van der Waals surface area (Å²) in [5.41, 5.74) is 6.40. The highest BCUT2D eigenvalue weighted by Crippen LogP contribution is 2.41. The fraction of sp³-hybridized carbons (Fsp3) is 0.400. The summed E-state index contributed by atoms with van der Waals surface area (Å²) in [4.78, 5) is 23.1. The number of benzene rings is 1. The number of rotatable bonds is 7. The molecule has 0 bridgehead atoms. The number of hydrogen-bond donors (Lipinski definition) is 2. The average Bonchev–Trinajstić information content (AvgIpc) is 3.29. The molecule has 2 aliphatic rings. The number of nitrogens with zero attached hydrogens (tertiary/aromatic N) is 4. The Hall–Kier alpha value is -3.42. The number of aryl methyl sites for hydroxylation is 1. The zero-order chi connectivity index (χ0) is 24.6. The molecule has 5 aromatic rings. The van der Waals surface area contributed by atoms with Crippen LogP contribution >= 0.6 is 0 Å². The molecule has 1 saturated carbocycles.